The van der Waals surface area contributed by atoms with Crippen LogP contribution in [-0.2, 0) is 37.7 Å². The van der Waals surface area contributed by atoms with Crippen molar-refractivity contribution in [2.75, 3.05) is 25.6 Å². The Labute approximate surface area is 488 Å². The maximum Gasteiger partial charge on any atom is 0.338 e. The van der Waals surface area contributed by atoms with Crippen molar-refractivity contribution in [1.29, 1.82) is 0 Å². The van der Waals surface area contributed by atoms with Crippen LogP contribution in [0.1, 0.15) is 93.6 Å². The zero-order valence-electron chi connectivity index (χ0n) is 41.4. The fourth-order valence-electron chi connectivity index (χ4n) is 11.4. The molecular formula is C52H67Ac2NO13SSi. The number of hydrogen-bond donors (Lipinski definition) is 4. The van der Waals surface area contributed by atoms with Crippen molar-refractivity contribution in [3.63, 3.8) is 0 Å². The van der Waals surface area contributed by atoms with Gasteiger partial charge in [-0.2, -0.15) is 0 Å². The first-order valence-corrected chi connectivity index (χ1v) is 27.5. The van der Waals surface area contributed by atoms with Crippen molar-refractivity contribution in [3.8, 4) is 0 Å². The third-order valence-corrected chi connectivity index (χ3v) is 20.8. The quantitative estimate of drug-likeness (QED) is 0.0336. The number of Topliss-reactive ketones (excluding diaryl/α,β-unsaturated/α-hetero) is 1. The Balaban J connectivity index is 0.00000456. The van der Waals surface area contributed by atoms with Crippen LogP contribution in [-0.4, -0.2) is 121 Å². The van der Waals surface area contributed by atoms with Gasteiger partial charge in [0.05, 0.1) is 41.8 Å². The largest absolute Gasteiger partial charge is 0.456 e. The molecule has 1 amide bonds. The molecule has 0 spiro atoms. The number of benzene rings is 3. The molecule has 0 aromatic heterocycles. The molecule has 4 aliphatic rings. The van der Waals surface area contributed by atoms with Gasteiger partial charge in [-0.25, -0.2) is 9.59 Å². The Kier molecular flexibility index (Phi) is 20.9. The van der Waals surface area contributed by atoms with E-state index in [1.54, 1.807) is 119 Å². The van der Waals surface area contributed by atoms with E-state index >= 15 is 9.59 Å². The zero-order chi connectivity index (χ0) is 49.2. The number of fused-ring (bicyclic) bond motifs is 5. The van der Waals surface area contributed by atoms with Crippen LogP contribution < -0.4 is 5.32 Å². The van der Waals surface area contributed by atoms with E-state index in [2.05, 4.69) is 26.1 Å². The average Bonchev–Trinajstić information content (AvgIpc) is 3.34. The van der Waals surface area contributed by atoms with E-state index in [9.17, 15) is 24.9 Å². The molecule has 1 saturated heterocycles. The van der Waals surface area contributed by atoms with Crippen LogP contribution in [0, 0.1) is 105 Å². The maximum absolute atomic E-state index is 15.7. The van der Waals surface area contributed by atoms with Crippen molar-refractivity contribution in [2.45, 2.75) is 133 Å². The number of ether oxygens (including phenoxy) is 5. The first kappa shape index (κ1) is 59.5. The predicted octanol–water partition coefficient (Wildman–Crippen LogP) is 6.94. The van der Waals surface area contributed by atoms with Gasteiger partial charge in [-0.1, -0.05) is 101 Å². The molecule has 70 heavy (non-hydrogen) atoms. The SMILES string of the molecule is CC[Si](CC)(CC)OC1CC2OC[C@@]2(O)C2C(OC(=O)c3ccccc3)C3(O)CC(OC(=O)C(OCOCSC)C(NC(=O)c4ccccc4)c4ccccc4)C(C)=C(C(O)C(=O)[C@]12C)C3(C)C.[Ac].[Ac]. The van der Waals surface area contributed by atoms with Gasteiger partial charge in [0.2, 0.25) is 0 Å². The standard InChI is InChI=1S/C52H67NO13SSi.2Ac/c1-9-68(10-2,11-3)66-37-27-38-51(59,29-62-38)43-45(65-47(57)35-25-19-14-20-26-35)52(60)28-36(32(4)39(49(52,5)6)41(54)44(55)50(37,43)7)64-48(58)42(63-30-61-31-67-8)40(33-21-15-12-16-22-33)53-46(56)34-23-17-13-18-24-34;;/h12-26,36-38,40-43,45,54,59-60H,9-11,27-31H2,1-8H3,(H,53,56);;/t36?,37?,38?,40?,41?,42?,43?,45?,50-,51+,52?;;/m1../s1. The van der Waals surface area contributed by atoms with E-state index in [0.717, 1.165) is 18.1 Å². The van der Waals surface area contributed by atoms with E-state index in [4.69, 9.17) is 28.1 Å². The van der Waals surface area contributed by atoms with Crippen LogP contribution in [0.4, 0.5) is 0 Å². The maximum atomic E-state index is 15.7. The Morgan fingerprint density at radius 1 is 0.871 bits per heavy atom. The molecule has 2 radical (unpaired) electrons. The minimum atomic E-state index is -2.53. The molecule has 9 unspecified atom stereocenters. The fraction of sp³-hybridized carbons (Fsp3) is 0.538. The summed E-state index contributed by atoms with van der Waals surface area (Å²) in [5, 5.41) is 42.6. The number of carbonyl (C=O) groups is 4. The van der Waals surface area contributed by atoms with Crippen molar-refractivity contribution in [3.05, 3.63) is 119 Å². The minimum Gasteiger partial charge on any atom is -0.456 e. The van der Waals surface area contributed by atoms with Crippen LogP contribution in [0.3, 0.4) is 0 Å². The number of aliphatic hydroxyl groups is 3. The van der Waals surface area contributed by atoms with Crippen LogP contribution >= 0.6 is 11.8 Å². The molecule has 2 saturated carbocycles. The van der Waals surface area contributed by atoms with Gasteiger partial charge >= 0.3 is 11.9 Å². The average molecular weight is 1430 g/mol. The third kappa shape index (κ3) is 11.1. The Bertz CT molecular complexity index is 2320. The normalized spacial score (nSPS) is 29.7. The minimum absolute atomic E-state index is 0. The molecule has 1 aliphatic heterocycles. The molecule has 3 aliphatic carbocycles. The molecular weight excluding hydrogens is 1360 g/mol. The van der Waals surface area contributed by atoms with Crippen LogP contribution in [0.2, 0.25) is 18.1 Å². The molecule has 3 fully saturated rings. The number of esters is 2. The van der Waals surface area contributed by atoms with Gasteiger partial charge in [-0.05, 0) is 79.2 Å². The van der Waals surface area contributed by atoms with Crippen molar-refractivity contribution >= 4 is 43.7 Å². The second-order valence-corrected chi connectivity index (χ2v) is 25.0. The summed E-state index contributed by atoms with van der Waals surface area (Å²) in [6.45, 7) is 12.2. The van der Waals surface area contributed by atoms with Gasteiger partial charge in [0.1, 0.15) is 36.3 Å². The Morgan fingerprint density at radius 2 is 1.44 bits per heavy atom. The van der Waals surface area contributed by atoms with E-state index in [0.29, 0.717) is 16.7 Å². The van der Waals surface area contributed by atoms with Gasteiger partial charge in [0, 0.05) is 118 Å². The molecule has 11 atom stereocenters. The third-order valence-electron chi connectivity index (χ3n) is 15.7. The number of hydrogen-bond acceptors (Lipinski definition) is 14. The molecule has 374 valence electrons. The molecule has 7 rings (SSSR count). The molecule has 2 bridgehead atoms. The summed E-state index contributed by atoms with van der Waals surface area (Å²) in [6, 6.07) is 26.6. The number of rotatable bonds is 18. The summed E-state index contributed by atoms with van der Waals surface area (Å²) < 4.78 is 38.1. The number of carbonyl (C=O) groups excluding carboxylic acids is 4. The number of ketones is 1. The van der Waals surface area contributed by atoms with Crippen molar-refractivity contribution < 1.29 is 151 Å². The monoisotopic (exact) mass is 1430 g/mol. The Hall–Kier alpha value is -1.35. The van der Waals surface area contributed by atoms with E-state index < -0.39 is 109 Å². The Morgan fingerprint density at radius 3 is 1.99 bits per heavy atom. The summed E-state index contributed by atoms with van der Waals surface area (Å²) in [6.07, 6.45) is -6.67. The van der Waals surface area contributed by atoms with E-state index in [1.165, 1.54) is 11.8 Å². The van der Waals surface area contributed by atoms with Crippen LogP contribution in [0.25, 0.3) is 0 Å². The summed E-state index contributed by atoms with van der Waals surface area (Å²) in [5.41, 5.74) is -6.01. The molecule has 18 heteroatoms. The van der Waals surface area contributed by atoms with E-state index in [1.807, 2.05) is 6.26 Å². The van der Waals surface area contributed by atoms with Gasteiger partial charge in [0.15, 0.2) is 20.2 Å². The van der Waals surface area contributed by atoms with Crippen molar-refractivity contribution in [1.82, 2.24) is 5.32 Å². The van der Waals surface area contributed by atoms with Crippen LogP contribution in [0.15, 0.2) is 102 Å². The molecule has 14 nitrogen and oxygen atoms in total. The number of thioether (sulfide) groups is 1. The molecule has 4 N–H and O–H groups in total. The summed E-state index contributed by atoms with van der Waals surface area (Å²) >= 11 is 1.40. The summed E-state index contributed by atoms with van der Waals surface area (Å²) in [5.74, 6) is -4.10. The number of amides is 1. The number of aliphatic hydroxyl groups excluding tert-OH is 1. The summed E-state index contributed by atoms with van der Waals surface area (Å²) in [7, 11) is -2.53. The van der Waals surface area contributed by atoms with E-state index in [-0.39, 0.29) is 125 Å². The van der Waals surface area contributed by atoms with Crippen molar-refractivity contribution in [2.24, 2.45) is 16.7 Å². The zero-order valence-corrected chi connectivity index (χ0v) is 52.7. The van der Waals surface area contributed by atoms with Gasteiger partial charge in [-0.15, -0.1) is 11.8 Å². The van der Waals surface area contributed by atoms with Gasteiger partial charge in [-0.3, -0.25) is 9.59 Å². The predicted molar refractivity (Wildman–Crippen MR) is 258 cm³/mol. The topological polar surface area (TPSA) is 196 Å². The van der Waals surface area contributed by atoms with Gasteiger partial charge < -0.3 is 48.7 Å². The smallest absolute Gasteiger partial charge is 0.338 e. The first-order valence-electron chi connectivity index (χ1n) is 23.6. The first-order chi connectivity index (χ1) is 32.4. The summed E-state index contributed by atoms with van der Waals surface area (Å²) in [4.78, 5) is 59.1. The molecule has 3 aromatic carbocycles. The van der Waals surface area contributed by atoms with Gasteiger partial charge in [0.25, 0.3) is 5.91 Å². The number of nitrogens with one attached hydrogen (secondary N) is 1. The second kappa shape index (κ2) is 24.5. The molecule has 1 heterocycles. The second-order valence-electron chi connectivity index (χ2n) is 19.4. The molecule has 3 aromatic rings. The van der Waals surface area contributed by atoms with Crippen LogP contribution in [0.5, 0.6) is 0 Å². The fourth-order valence-corrected chi connectivity index (χ4v) is 14.6.